The number of carbonyl (C=O) groups is 1. The summed E-state index contributed by atoms with van der Waals surface area (Å²) in [6, 6.07) is 4.34. The van der Waals surface area contributed by atoms with Gasteiger partial charge in [-0.25, -0.2) is 4.39 Å². The number of nitrogens with one attached hydrogen (secondary N) is 1. The van der Waals surface area contributed by atoms with Gasteiger partial charge in [0.05, 0.1) is 23.4 Å². The maximum Gasteiger partial charge on any atom is 0.256 e. The molecule has 0 aromatic heterocycles. The van der Waals surface area contributed by atoms with Crippen LogP contribution in [0, 0.1) is 5.82 Å². The lowest BCUT2D eigenvalue weighted by Gasteiger charge is -2.34. The van der Waals surface area contributed by atoms with Crippen molar-refractivity contribution in [3.8, 4) is 0 Å². The molecule has 0 aliphatic carbocycles. The summed E-state index contributed by atoms with van der Waals surface area (Å²) >= 11 is 0. The van der Waals surface area contributed by atoms with Crippen molar-refractivity contribution in [2.24, 2.45) is 0 Å². The van der Waals surface area contributed by atoms with E-state index >= 15 is 0 Å². The van der Waals surface area contributed by atoms with Crippen molar-refractivity contribution in [3.63, 3.8) is 0 Å². The molecule has 0 atom stereocenters. The Morgan fingerprint density at radius 3 is 2.61 bits per heavy atom. The van der Waals surface area contributed by atoms with Crippen LogP contribution < -0.4 is 5.32 Å². The molecule has 0 spiro atoms. The van der Waals surface area contributed by atoms with Crippen molar-refractivity contribution in [1.29, 1.82) is 0 Å². The van der Waals surface area contributed by atoms with E-state index in [4.69, 9.17) is 0 Å². The van der Waals surface area contributed by atoms with Crippen LogP contribution in [-0.2, 0) is 0 Å². The van der Waals surface area contributed by atoms with Gasteiger partial charge in [-0.1, -0.05) is 6.07 Å². The maximum absolute atomic E-state index is 13.6. The molecule has 0 heterocycles. The summed E-state index contributed by atoms with van der Waals surface area (Å²) in [4.78, 5) is 13.7. The Labute approximate surface area is 106 Å². The van der Waals surface area contributed by atoms with Crippen LogP contribution in [0.3, 0.4) is 0 Å². The topological polar surface area (TPSA) is 52.6 Å². The maximum atomic E-state index is 13.6. The molecule has 0 radical (unpaired) electrons. The zero-order valence-electron chi connectivity index (χ0n) is 11.1. The second-order valence-corrected chi connectivity index (χ2v) is 4.75. The van der Waals surface area contributed by atoms with E-state index in [0.717, 1.165) is 0 Å². The van der Waals surface area contributed by atoms with Gasteiger partial charge in [0.25, 0.3) is 5.91 Å². The second-order valence-electron chi connectivity index (χ2n) is 4.75. The fourth-order valence-corrected chi connectivity index (χ4v) is 1.52. The Morgan fingerprint density at radius 1 is 1.50 bits per heavy atom. The highest BCUT2D eigenvalue weighted by molar-refractivity contribution is 6.00. The quantitative estimate of drug-likeness (QED) is 0.860. The van der Waals surface area contributed by atoms with Crippen LogP contribution in [0.1, 0.15) is 24.2 Å². The minimum atomic E-state index is -0.700. The Morgan fingerprint density at radius 2 is 2.11 bits per heavy atom. The number of halogens is 1. The van der Waals surface area contributed by atoms with Crippen LogP contribution in [0.5, 0.6) is 0 Å². The summed E-state index contributed by atoms with van der Waals surface area (Å²) in [6.07, 6.45) is 0. The smallest absolute Gasteiger partial charge is 0.256 e. The highest BCUT2D eigenvalue weighted by atomic mass is 19.1. The highest BCUT2D eigenvalue weighted by Gasteiger charge is 2.29. The number of aliphatic hydroxyl groups is 1. The summed E-state index contributed by atoms with van der Waals surface area (Å²) < 4.78 is 13.6. The van der Waals surface area contributed by atoms with Gasteiger partial charge >= 0.3 is 0 Å². The van der Waals surface area contributed by atoms with E-state index < -0.39 is 11.4 Å². The number of aliphatic hydroxyl groups excluding tert-OH is 1. The normalized spacial score (nSPS) is 11.2. The van der Waals surface area contributed by atoms with Crippen molar-refractivity contribution >= 4 is 11.6 Å². The summed E-state index contributed by atoms with van der Waals surface area (Å²) in [5.74, 6) is -0.809. The van der Waals surface area contributed by atoms with Gasteiger partial charge in [0.2, 0.25) is 0 Å². The fraction of sp³-hybridized carbons (Fsp3) is 0.462. The van der Waals surface area contributed by atoms with Gasteiger partial charge in [-0.2, -0.15) is 0 Å². The first kappa shape index (κ1) is 14.4. The highest BCUT2D eigenvalue weighted by Crippen LogP contribution is 2.23. The standard InChI is InChI=1S/C13H19FN2O2/c1-13(2,8-17)16(4)12(18)9-6-5-7-10(14)11(9)15-3/h5-7,15,17H,8H2,1-4H3. The number of amides is 1. The first-order chi connectivity index (χ1) is 8.35. The predicted molar refractivity (Wildman–Crippen MR) is 69.2 cm³/mol. The van der Waals surface area contributed by atoms with E-state index in [1.165, 1.54) is 17.0 Å². The zero-order chi connectivity index (χ0) is 13.9. The number of para-hydroxylation sites is 1. The largest absolute Gasteiger partial charge is 0.394 e. The first-order valence-corrected chi connectivity index (χ1v) is 5.70. The van der Waals surface area contributed by atoms with Crippen LogP contribution >= 0.6 is 0 Å². The molecule has 4 nitrogen and oxygen atoms in total. The monoisotopic (exact) mass is 254 g/mol. The summed E-state index contributed by atoms with van der Waals surface area (Å²) in [6.45, 7) is 3.31. The lowest BCUT2D eigenvalue weighted by atomic mass is 10.0. The SMILES string of the molecule is CNc1c(F)cccc1C(=O)N(C)C(C)(C)CO. The van der Waals surface area contributed by atoms with Crippen LogP contribution in [0.25, 0.3) is 0 Å². The minimum Gasteiger partial charge on any atom is -0.394 e. The number of hydrogen-bond acceptors (Lipinski definition) is 3. The van der Waals surface area contributed by atoms with E-state index in [2.05, 4.69) is 5.32 Å². The number of rotatable bonds is 4. The summed E-state index contributed by atoms with van der Waals surface area (Å²) in [5.41, 5.74) is -0.279. The molecule has 0 bridgehead atoms. The zero-order valence-corrected chi connectivity index (χ0v) is 11.1. The number of carbonyl (C=O) groups excluding carboxylic acids is 1. The second kappa shape index (κ2) is 5.35. The van der Waals surface area contributed by atoms with E-state index in [-0.39, 0.29) is 23.8 Å². The molecule has 0 aliphatic rings. The van der Waals surface area contributed by atoms with Crippen LogP contribution in [0.15, 0.2) is 18.2 Å². The number of benzene rings is 1. The van der Waals surface area contributed by atoms with Gasteiger partial charge in [0.15, 0.2) is 0 Å². The Bertz CT molecular complexity index is 447. The van der Waals surface area contributed by atoms with Crippen molar-refractivity contribution in [2.75, 3.05) is 26.0 Å². The van der Waals surface area contributed by atoms with E-state index in [1.807, 2.05) is 0 Å². The molecule has 18 heavy (non-hydrogen) atoms. The molecule has 0 unspecified atom stereocenters. The molecule has 1 aromatic carbocycles. The summed E-state index contributed by atoms with van der Waals surface area (Å²) in [7, 11) is 3.15. The van der Waals surface area contributed by atoms with Crippen molar-refractivity contribution in [3.05, 3.63) is 29.6 Å². The lowest BCUT2D eigenvalue weighted by Crippen LogP contribution is -2.47. The Kier molecular flexibility index (Phi) is 4.29. The summed E-state index contributed by atoms with van der Waals surface area (Å²) in [5, 5.41) is 11.9. The molecule has 0 aliphatic heterocycles. The van der Waals surface area contributed by atoms with Crippen LogP contribution in [0.4, 0.5) is 10.1 Å². The molecular formula is C13H19FN2O2. The molecule has 0 saturated carbocycles. The van der Waals surface area contributed by atoms with Gasteiger partial charge in [-0.15, -0.1) is 0 Å². The number of hydrogen-bond donors (Lipinski definition) is 2. The lowest BCUT2D eigenvalue weighted by molar-refractivity contribution is 0.0474. The van der Waals surface area contributed by atoms with Gasteiger partial charge in [0, 0.05) is 14.1 Å². The first-order valence-electron chi connectivity index (χ1n) is 5.70. The van der Waals surface area contributed by atoms with Crippen LogP contribution in [-0.4, -0.2) is 42.2 Å². The number of nitrogens with zero attached hydrogens (tertiary/aromatic N) is 1. The van der Waals surface area contributed by atoms with Gasteiger partial charge in [-0.05, 0) is 26.0 Å². The third kappa shape index (κ3) is 2.61. The molecule has 1 rings (SSSR count). The van der Waals surface area contributed by atoms with Crippen LogP contribution in [0.2, 0.25) is 0 Å². The van der Waals surface area contributed by atoms with Gasteiger partial charge in [0.1, 0.15) is 5.82 Å². The third-order valence-corrected chi connectivity index (χ3v) is 3.09. The fourth-order valence-electron chi connectivity index (χ4n) is 1.52. The van der Waals surface area contributed by atoms with E-state index in [9.17, 15) is 14.3 Å². The molecule has 1 aromatic rings. The third-order valence-electron chi connectivity index (χ3n) is 3.09. The Balaban J connectivity index is 3.16. The molecule has 2 N–H and O–H groups in total. The van der Waals surface area contributed by atoms with Gasteiger partial charge in [-0.3, -0.25) is 4.79 Å². The molecular weight excluding hydrogens is 235 g/mol. The molecule has 0 saturated heterocycles. The molecule has 100 valence electrons. The average Bonchev–Trinajstić information content (AvgIpc) is 2.36. The average molecular weight is 254 g/mol. The Hall–Kier alpha value is -1.62. The van der Waals surface area contributed by atoms with Crippen molar-refractivity contribution < 1.29 is 14.3 Å². The molecule has 5 heteroatoms. The van der Waals surface area contributed by atoms with Crippen molar-refractivity contribution in [2.45, 2.75) is 19.4 Å². The van der Waals surface area contributed by atoms with E-state index in [0.29, 0.717) is 0 Å². The number of anilines is 1. The number of likely N-dealkylation sites (N-methyl/N-ethyl adjacent to an activating group) is 1. The van der Waals surface area contributed by atoms with E-state index in [1.54, 1.807) is 34.0 Å². The predicted octanol–water partition coefficient (Wildman–Crippen LogP) is 1.71. The van der Waals surface area contributed by atoms with Crippen molar-refractivity contribution in [1.82, 2.24) is 4.90 Å². The minimum absolute atomic E-state index is 0.167. The molecule has 0 fully saturated rings. The molecule has 1 amide bonds. The van der Waals surface area contributed by atoms with Gasteiger partial charge < -0.3 is 15.3 Å².